The van der Waals surface area contributed by atoms with Crippen molar-refractivity contribution in [3.05, 3.63) is 30.1 Å². The van der Waals surface area contributed by atoms with Crippen LogP contribution in [0.1, 0.15) is 25.5 Å². The monoisotopic (exact) mass is 180 g/mol. The Hall–Kier alpha value is -0.930. The first-order chi connectivity index (χ1) is 6.20. The van der Waals surface area contributed by atoms with Crippen LogP contribution in [0.25, 0.3) is 0 Å². The minimum atomic E-state index is -0.302. The molecule has 1 heterocycles. The largest absolute Gasteiger partial charge is 0.392 e. The summed E-state index contributed by atoms with van der Waals surface area (Å²) in [5.41, 5.74) is 1.19. The van der Waals surface area contributed by atoms with Crippen LogP contribution in [0.4, 0.5) is 0 Å². The first kappa shape index (κ1) is 10.2. The lowest BCUT2D eigenvalue weighted by Crippen LogP contribution is -2.27. The Morgan fingerprint density at radius 3 is 2.54 bits per heavy atom. The number of aliphatic hydroxyl groups is 1. The van der Waals surface area contributed by atoms with Gasteiger partial charge in [-0.15, -0.1) is 0 Å². The molecule has 3 heteroatoms. The molecule has 1 aromatic rings. The highest BCUT2D eigenvalue weighted by atomic mass is 16.3. The Balaban J connectivity index is 2.44. The molecule has 0 saturated heterocycles. The minimum absolute atomic E-state index is 0.262. The molecule has 0 aliphatic heterocycles. The molecule has 0 amide bonds. The molecular formula is C10H16N2O. The molecule has 0 radical (unpaired) electrons. The smallest absolute Gasteiger partial charge is 0.0636 e. The Morgan fingerprint density at radius 2 is 2.00 bits per heavy atom. The zero-order valence-electron chi connectivity index (χ0n) is 8.07. The molecule has 0 unspecified atom stereocenters. The van der Waals surface area contributed by atoms with Crippen molar-refractivity contribution in [1.29, 1.82) is 0 Å². The van der Waals surface area contributed by atoms with Crippen LogP contribution in [0.15, 0.2) is 24.5 Å². The van der Waals surface area contributed by atoms with Gasteiger partial charge in [0.05, 0.1) is 6.10 Å². The van der Waals surface area contributed by atoms with Gasteiger partial charge in [-0.05, 0) is 31.5 Å². The first-order valence-corrected chi connectivity index (χ1v) is 4.51. The number of hydrogen-bond acceptors (Lipinski definition) is 3. The van der Waals surface area contributed by atoms with E-state index in [2.05, 4.69) is 17.2 Å². The highest BCUT2D eigenvalue weighted by Crippen LogP contribution is 2.09. The van der Waals surface area contributed by atoms with E-state index in [9.17, 15) is 0 Å². The minimum Gasteiger partial charge on any atom is -0.392 e. The van der Waals surface area contributed by atoms with Crippen LogP contribution in [0, 0.1) is 0 Å². The molecule has 0 aliphatic rings. The van der Waals surface area contributed by atoms with E-state index in [-0.39, 0.29) is 12.1 Å². The topological polar surface area (TPSA) is 45.1 Å². The maximum absolute atomic E-state index is 9.07. The molecule has 2 atom stereocenters. The van der Waals surface area contributed by atoms with Crippen LogP contribution in [0.2, 0.25) is 0 Å². The van der Waals surface area contributed by atoms with Crippen molar-refractivity contribution >= 4 is 0 Å². The number of rotatable bonds is 4. The molecule has 1 rings (SSSR count). The number of aliphatic hydroxyl groups excluding tert-OH is 1. The molecular weight excluding hydrogens is 164 g/mol. The second-order valence-electron chi connectivity index (χ2n) is 3.26. The predicted molar refractivity (Wildman–Crippen MR) is 52.3 cm³/mol. The highest BCUT2D eigenvalue weighted by Gasteiger charge is 2.04. The summed E-state index contributed by atoms with van der Waals surface area (Å²) in [4.78, 5) is 3.95. The molecule has 0 bridgehead atoms. The van der Waals surface area contributed by atoms with Crippen LogP contribution in [0.3, 0.4) is 0 Å². The summed E-state index contributed by atoms with van der Waals surface area (Å²) in [6, 6.07) is 4.21. The van der Waals surface area contributed by atoms with E-state index in [1.807, 2.05) is 12.1 Å². The van der Waals surface area contributed by atoms with Crippen molar-refractivity contribution in [2.45, 2.75) is 26.0 Å². The van der Waals surface area contributed by atoms with Crippen LogP contribution in [0.5, 0.6) is 0 Å². The van der Waals surface area contributed by atoms with Crippen molar-refractivity contribution in [2.75, 3.05) is 6.54 Å². The molecule has 1 aromatic heterocycles. The molecule has 13 heavy (non-hydrogen) atoms. The lowest BCUT2D eigenvalue weighted by Gasteiger charge is -2.14. The van der Waals surface area contributed by atoms with Gasteiger partial charge in [0, 0.05) is 25.0 Å². The Labute approximate surface area is 78.8 Å². The zero-order valence-corrected chi connectivity index (χ0v) is 8.07. The Morgan fingerprint density at radius 1 is 1.38 bits per heavy atom. The van der Waals surface area contributed by atoms with Gasteiger partial charge < -0.3 is 10.4 Å². The maximum Gasteiger partial charge on any atom is 0.0636 e. The lowest BCUT2D eigenvalue weighted by atomic mass is 10.1. The molecule has 2 N–H and O–H groups in total. The van der Waals surface area contributed by atoms with Gasteiger partial charge in [0.25, 0.3) is 0 Å². The van der Waals surface area contributed by atoms with Crippen LogP contribution in [-0.4, -0.2) is 22.7 Å². The van der Waals surface area contributed by atoms with E-state index in [0.29, 0.717) is 6.54 Å². The lowest BCUT2D eigenvalue weighted by molar-refractivity contribution is 0.187. The summed E-state index contributed by atoms with van der Waals surface area (Å²) in [7, 11) is 0. The quantitative estimate of drug-likeness (QED) is 0.729. The standard InChI is InChI=1S/C10H16N2O/c1-8(13)7-12-9(2)10-3-5-11-6-4-10/h3-6,8-9,12-13H,7H2,1-2H3/t8-,9-/m1/s1. The molecule has 0 aromatic carbocycles. The number of nitrogens with one attached hydrogen (secondary N) is 1. The van der Waals surface area contributed by atoms with Crippen molar-refractivity contribution in [3.8, 4) is 0 Å². The average Bonchev–Trinajstić information content (AvgIpc) is 2.15. The number of pyridine rings is 1. The summed E-state index contributed by atoms with van der Waals surface area (Å²) >= 11 is 0. The van der Waals surface area contributed by atoms with E-state index < -0.39 is 0 Å². The number of hydrogen-bond donors (Lipinski definition) is 2. The molecule has 3 nitrogen and oxygen atoms in total. The fourth-order valence-electron chi connectivity index (χ4n) is 1.12. The predicted octanol–water partition coefficient (Wildman–Crippen LogP) is 1.11. The van der Waals surface area contributed by atoms with E-state index >= 15 is 0 Å². The second-order valence-corrected chi connectivity index (χ2v) is 3.26. The first-order valence-electron chi connectivity index (χ1n) is 4.51. The molecule has 0 fully saturated rings. The van der Waals surface area contributed by atoms with E-state index in [1.54, 1.807) is 19.3 Å². The van der Waals surface area contributed by atoms with Crippen molar-refractivity contribution < 1.29 is 5.11 Å². The highest BCUT2D eigenvalue weighted by molar-refractivity contribution is 5.13. The zero-order chi connectivity index (χ0) is 9.68. The third-order valence-electron chi connectivity index (χ3n) is 1.93. The molecule has 0 spiro atoms. The molecule has 72 valence electrons. The van der Waals surface area contributed by atoms with Crippen LogP contribution >= 0.6 is 0 Å². The van der Waals surface area contributed by atoms with Crippen LogP contribution < -0.4 is 5.32 Å². The molecule has 0 aliphatic carbocycles. The summed E-state index contributed by atoms with van der Waals surface area (Å²) < 4.78 is 0. The van der Waals surface area contributed by atoms with Gasteiger partial charge in [-0.1, -0.05) is 0 Å². The fourth-order valence-corrected chi connectivity index (χ4v) is 1.12. The normalized spacial score (nSPS) is 15.3. The maximum atomic E-state index is 9.07. The fraction of sp³-hybridized carbons (Fsp3) is 0.500. The van der Waals surface area contributed by atoms with Gasteiger partial charge in [-0.25, -0.2) is 0 Å². The van der Waals surface area contributed by atoms with E-state index in [1.165, 1.54) is 5.56 Å². The Bertz CT molecular complexity index is 236. The summed E-state index contributed by atoms with van der Waals surface area (Å²) in [5, 5.41) is 12.3. The third-order valence-corrected chi connectivity index (χ3v) is 1.93. The number of aromatic nitrogens is 1. The van der Waals surface area contributed by atoms with Crippen molar-refractivity contribution in [1.82, 2.24) is 10.3 Å². The summed E-state index contributed by atoms with van der Waals surface area (Å²) in [6.07, 6.45) is 3.25. The SMILES string of the molecule is C[C@@H](O)CN[C@H](C)c1ccncc1. The van der Waals surface area contributed by atoms with Crippen LogP contribution in [-0.2, 0) is 0 Å². The van der Waals surface area contributed by atoms with Gasteiger partial charge in [-0.2, -0.15) is 0 Å². The molecule has 0 saturated carbocycles. The van der Waals surface area contributed by atoms with Gasteiger partial charge in [0.1, 0.15) is 0 Å². The van der Waals surface area contributed by atoms with Crippen molar-refractivity contribution in [3.63, 3.8) is 0 Å². The second kappa shape index (κ2) is 4.94. The summed E-state index contributed by atoms with van der Waals surface area (Å²) in [5.74, 6) is 0. The van der Waals surface area contributed by atoms with Gasteiger partial charge in [0.2, 0.25) is 0 Å². The van der Waals surface area contributed by atoms with E-state index in [4.69, 9.17) is 5.11 Å². The summed E-state index contributed by atoms with van der Waals surface area (Å²) in [6.45, 7) is 4.45. The van der Waals surface area contributed by atoms with Crippen molar-refractivity contribution in [2.24, 2.45) is 0 Å². The van der Waals surface area contributed by atoms with Gasteiger partial charge in [0.15, 0.2) is 0 Å². The number of nitrogens with zero attached hydrogens (tertiary/aromatic N) is 1. The third kappa shape index (κ3) is 3.53. The van der Waals surface area contributed by atoms with Gasteiger partial charge in [-0.3, -0.25) is 4.98 Å². The average molecular weight is 180 g/mol. The Kier molecular flexibility index (Phi) is 3.86. The van der Waals surface area contributed by atoms with E-state index in [0.717, 1.165) is 0 Å². The van der Waals surface area contributed by atoms with Gasteiger partial charge >= 0.3 is 0 Å².